The molecular formula is C22H28N2O4. The van der Waals surface area contributed by atoms with E-state index in [2.05, 4.69) is 26.1 Å². The van der Waals surface area contributed by atoms with Gasteiger partial charge in [-0.25, -0.2) is 0 Å². The predicted octanol–water partition coefficient (Wildman–Crippen LogP) is 3.99. The molecule has 6 nitrogen and oxygen atoms in total. The average molecular weight is 384 g/mol. The zero-order valence-electron chi connectivity index (χ0n) is 17.3. The van der Waals surface area contributed by atoms with Gasteiger partial charge in [-0.05, 0) is 29.2 Å². The number of para-hydroxylation sites is 1. The number of hydrogen-bond donors (Lipinski definition) is 1. The van der Waals surface area contributed by atoms with Crippen LogP contribution < -0.4 is 19.7 Å². The molecule has 0 fully saturated rings. The summed E-state index contributed by atoms with van der Waals surface area (Å²) < 4.78 is 10.5. The monoisotopic (exact) mass is 384 g/mol. The van der Waals surface area contributed by atoms with Gasteiger partial charge in [0.2, 0.25) is 11.8 Å². The third kappa shape index (κ3) is 5.03. The van der Waals surface area contributed by atoms with Crippen LogP contribution in [0.25, 0.3) is 0 Å². The summed E-state index contributed by atoms with van der Waals surface area (Å²) in [7, 11) is 3.08. The third-order valence-corrected chi connectivity index (χ3v) is 4.35. The van der Waals surface area contributed by atoms with E-state index in [1.165, 1.54) is 18.9 Å². The summed E-state index contributed by atoms with van der Waals surface area (Å²) >= 11 is 0. The molecule has 0 spiro atoms. The molecule has 2 amide bonds. The minimum absolute atomic E-state index is 0.0865. The highest BCUT2D eigenvalue weighted by Gasteiger charge is 2.24. The molecule has 0 saturated carbocycles. The van der Waals surface area contributed by atoms with Crippen LogP contribution in [0.3, 0.4) is 0 Å². The van der Waals surface area contributed by atoms with Gasteiger partial charge in [0.15, 0.2) is 11.5 Å². The Balaban J connectivity index is 2.25. The summed E-state index contributed by atoms with van der Waals surface area (Å²) in [5, 5.41) is 2.81. The normalized spacial score (nSPS) is 10.9. The maximum atomic E-state index is 12.6. The fourth-order valence-corrected chi connectivity index (χ4v) is 2.97. The SMILES string of the molecule is COc1ccc(NC(=O)CN(C(C)=O)c2ccccc2C(C)(C)C)cc1OC. The van der Waals surface area contributed by atoms with Crippen molar-refractivity contribution in [1.29, 1.82) is 0 Å². The van der Waals surface area contributed by atoms with Crippen molar-refractivity contribution in [2.45, 2.75) is 33.1 Å². The van der Waals surface area contributed by atoms with Crippen molar-refractivity contribution in [2.24, 2.45) is 0 Å². The second kappa shape index (κ2) is 8.78. The van der Waals surface area contributed by atoms with Crippen LogP contribution in [0.5, 0.6) is 11.5 Å². The van der Waals surface area contributed by atoms with Gasteiger partial charge in [-0.1, -0.05) is 39.0 Å². The molecule has 0 unspecified atom stereocenters. The number of anilines is 2. The molecule has 1 N–H and O–H groups in total. The minimum atomic E-state index is -0.300. The highest BCUT2D eigenvalue weighted by atomic mass is 16.5. The van der Waals surface area contributed by atoms with Gasteiger partial charge in [-0.3, -0.25) is 9.59 Å². The minimum Gasteiger partial charge on any atom is -0.493 e. The number of carbonyl (C=O) groups is 2. The largest absolute Gasteiger partial charge is 0.493 e. The van der Waals surface area contributed by atoms with Crippen molar-refractivity contribution in [3.63, 3.8) is 0 Å². The average Bonchev–Trinajstić information content (AvgIpc) is 2.65. The number of carbonyl (C=O) groups excluding carboxylic acids is 2. The van der Waals surface area contributed by atoms with Crippen molar-refractivity contribution in [3.05, 3.63) is 48.0 Å². The van der Waals surface area contributed by atoms with Gasteiger partial charge in [-0.2, -0.15) is 0 Å². The number of nitrogens with one attached hydrogen (secondary N) is 1. The van der Waals surface area contributed by atoms with Crippen LogP contribution in [0.4, 0.5) is 11.4 Å². The predicted molar refractivity (Wildman–Crippen MR) is 111 cm³/mol. The van der Waals surface area contributed by atoms with Gasteiger partial charge in [0.05, 0.1) is 14.2 Å². The summed E-state index contributed by atoms with van der Waals surface area (Å²) in [5.74, 6) is 0.595. The first-order chi connectivity index (χ1) is 13.2. The summed E-state index contributed by atoms with van der Waals surface area (Å²) in [5.41, 5.74) is 2.15. The molecule has 2 aromatic rings. The fraction of sp³-hybridized carbons (Fsp3) is 0.364. The Hall–Kier alpha value is -3.02. The topological polar surface area (TPSA) is 67.9 Å². The Morgan fingerprint density at radius 2 is 1.64 bits per heavy atom. The smallest absolute Gasteiger partial charge is 0.244 e. The first kappa shape index (κ1) is 21.3. The van der Waals surface area contributed by atoms with Gasteiger partial charge in [0.25, 0.3) is 0 Å². The van der Waals surface area contributed by atoms with Crippen LogP contribution in [-0.4, -0.2) is 32.6 Å². The number of rotatable bonds is 6. The number of hydrogen-bond acceptors (Lipinski definition) is 4. The van der Waals surface area contributed by atoms with E-state index in [4.69, 9.17) is 9.47 Å². The molecule has 6 heteroatoms. The van der Waals surface area contributed by atoms with E-state index in [9.17, 15) is 9.59 Å². The Kier molecular flexibility index (Phi) is 6.67. The Morgan fingerprint density at radius 1 is 1.00 bits per heavy atom. The van der Waals surface area contributed by atoms with Gasteiger partial charge >= 0.3 is 0 Å². The molecule has 0 bridgehead atoms. The van der Waals surface area contributed by atoms with E-state index >= 15 is 0 Å². The molecule has 0 aliphatic carbocycles. The number of amides is 2. The van der Waals surface area contributed by atoms with Crippen LogP contribution in [0, 0.1) is 0 Å². The van der Waals surface area contributed by atoms with E-state index < -0.39 is 0 Å². The highest BCUT2D eigenvalue weighted by Crippen LogP contribution is 2.32. The number of benzene rings is 2. The van der Waals surface area contributed by atoms with Gasteiger partial charge in [0.1, 0.15) is 6.54 Å². The maximum absolute atomic E-state index is 12.6. The Bertz CT molecular complexity index is 856. The van der Waals surface area contributed by atoms with Crippen LogP contribution in [-0.2, 0) is 15.0 Å². The van der Waals surface area contributed by atoms with Gasteiger partial charge in [0, 0.05) is 24.4 Å². The molecule has 2 aromatic carbocycles. The number of ether oxygens (including phenoxy) is 2. The van der Waals surface area contributed by atoms with E-state index in [1.54, 1.807) is 25.3 Å². The standard InChI is InChI=1S/C22H28N2O4/c1-15(25)24(18-10-8-7-9-17(18)22(2,3)4)14-21(26)23-16-11-12-19(27-5)20(13-16)28-6/h7-13H,14H2,1-6H3,(H,23,26). The van der Waals surface area contributed by atoms with Crippen molar-refractivity contribution in [3.8, 4) is 11.5 Å². The molecule has 0 saturated heterocycles. The highest BCUT2D eigenvalue weighted by molar-refractivity contribution is 6.02. The molecule has 0 atom stereocenters. The van der Waals surface area contributed by atoms with Crippen molar-refractivity contribution in [2.75, 3.05) is 31.0 Å². The van der Waals surface area contributed by atoms with Crippen LogP contribution >= 0.6 is 0 Å². The quantitative estimate of drug-likeness (QED) is 0.818. The number of methoxy groups -OCH3 is 2. The molecule has 2 rings (SSSR count). The lowest BCUT2D eigenvalue weighted by molar-refractivity contribution is -0.120. The summed E-state index contributed by atoms with van der Waals surface area (Å²) in [6.45, 7) is 7.61. The molecule has 0 aliphatic heterocycles. The van der Waals surface area contributed by atoms with Crippen LogP contribution in [0.2, 0.25) is 0 Å². The lowest BCUT2D eigenvalue weighted by atomic mass is 9.85. The molecule has 150 valence electrons. The second-order valence-corrected chi connectivity index (χ2v) is 7.49. The Labute approximate surface area is 166 Å². The van der Waals surface area contributed by atoms with Crippen molar-refractivity contribution in [1.82, 2.24) is 0 Å². The molecule has 28 heavy (non-hydrogen) atoms. The first-order valence-electron chi connectivity index (χ1n) is 9.07. The fourth-order valence-electron chi connectivity index (χ4n) is 2.97. The first-order valence-corrected chi connectivity index (χ1v) is 9.07. The summed E-state index contributed by atoms with van der Waals surface area (Å²) in [6.07, 6.45) is 0. The molecule has 0 aromatic heterocycles. The van der Waals surface area contributed by atoms with Crippen LogP contribution in [0.15, 0.2) is 42.5 Å². The van der Waals surface area contributed by atoms with Gasteiger partial charge < -0.3 is 19.7 Å². The third-order valence-electron chi connectivity index (χ3n) is 4.35. The molecule has 0 heterocycles. The van der Waals surface area contributed by atoms with E-state index in [0.29, 0.717) is 17.2 Å². The molecule has 0 radical (unpaired) electrons. The van der Waals surface area contributed by atoms with Crippen LogP contribution in [0.1, 0.15) is 33.3 Å². The molecule has 0 aliphatic rings. The van der Waals surface area contributed by atoms with Gasteiger partial charge in [-0.15, -0.1) is 0 Å². The Morgan fingerprint density at radius 3 is 2.21 bits per heavy atom. The number of nitrogens with zero attached hydrogens (tertiary/aromatic N) is 1. The van der Waals surface area contributed by atoms with E-state index in [-0.39, 0.29) is 23.8 Å². The zero-order chi connectivity index (χ0) is 20.9. The maximum Gasteiger partial charge on any atom is 0.244 e. The zero-order valence-corrected chi connectivity index (χ0v) is 17.3. The summed E-state index contributed by atoms with van der Waals surface area (Å²) in [4.78, 5) is 26.4. The van der Waals surface area contributed by atoms with Crippen molar-refractivity contribution >= 4 is 23.2 Å². The van der Waals surface area contributed by atoms with Crippen molar-refractivity contribution < 1.29 is 19.1 Å². The lowest BCUT2D eigenvalue weighted by Gasteiger charge is -2.29. The second-order valence-electron chi connectivity index (χ2n) is 7.49. The molecular weight excluding hydrogens is 356 g/mol. The van der Waals surface area contributed by atoms with E-state index in [0.717, 1.165) is 11.3 Å². The van der Waals surface area contributed by atoms with E-state index in [1.807, 2.05) is 24.3 Å². The summed E-state index contributed by atoms with van der Waals surface area (Å²) in [6, 6.07) is 12.8. The lowest BCUT2D eigenvalue weighted by Crippen LogP contribution is -2.38.